The molecule has 0 aliphatic heterocycles. The first-order valence-corrected chi connectivity index (χ1v) is 6.57. The van der Waals surface area contributed by atoms with Crippen LogP contribution in [0.25, 0.3) is 5.65 Å². The summed E-state index contributed by atoms with van der Waals surface area (Å²) in [4.78, 5) is 28.7. The van der Waals surface area contributed by atoms with Crippen LogP contribution in [0.15, 0.2) is 35.5 Å². The van der Waals surface area contributed by atoms with Crippen LogP contribution in [0.3, 0.4) is 0 Å². The summed E-state index contributed by atoms with van der Waals surface area (Å²) in [5.74, 6) is -0.382. The Morgan fingerprint density at radius 1 is 1.45 bits per heavy atom. The molecule has 0 fully saturated rings. The number of carbonyl (C=O) groups is 1. The number of esters is 1. The molecule has 0 bridgehead atoms. The van der Waals surface area contributed by atoms with E-state index in [2.05, 4.69) is 14.8 Å². The SMILES string of the molecule is COC(=O)c1ccc(Cn2nc3cnccn3c2=O)s1. The minimum absolute atomic E-state index is 0.240. The first-order valence-electron chi connectivity index (χ1n) is 5.75. The van der Waals surface area contributed by atoms with Crippen molar-refractivity contribution in [2.24, 2.45) is 0 Å². The van der Waals surface area contributed by atoms with Gasteiger partial charge >= 0.3 is 11.7 Å². The molecule has 0 saturated carbocycles. The third-order valence-corrected chi connectivity index (χ3v) is 3.79. The fourth-order valence-corrected chi connectivity index (χ4v) is 2.71. The summed E-state index contributed by atoms with van der Waals surface area (Å²) in [5.41, 5.74) is 0.248. The summed E-state index contributed by atoms with van der Waals surface area (Å²) >= 11 is 1.28. The second kappa shape index (κ2) is 4.89. The number of hydrogen-bond acceptors (Lipinski definition) is 6. The number of ether oxygens (including phenoxy) is 1. The Morgan fingerprint density at radius 3 is 3.05 bits per heavy atom. The topological polar surface area (TPSA) is 78.5 Å². The second-order valence-electron chi connectivity index (χ2n) is 4.00. The standard InChI is InChI=1S/C12H10N4O3S/c1-19-11(17)9-3-2-8(20-9)7-16-12(18)15-5-4-13-6-10(15)14-16/h2-6H,7H2,1H3. The van der Waals surface area contributed by atoms with E-state index in [-0.39, 0.29) is 11.7 Å². The van der Waals surface area contributed by atoms with Crippen molar-refractivity contribution in [2.45, 2.75) is 6.54 Å². The molecule has 20 heavy (non-hydrogen) atoms. The van der Waals surface area contributed by atoms with Crippen LogP contribution < -0.4 is 5.69 Å². The molecule has 0 N–H and O–H groups in total. The van der Waals surface area contributed by atoms with Gasteiger partial charge in [-0.15, -0.1) is 16.4 Å². The van der Waals surface area contributed by atoms with Gasteiger partial charge in [0.25, 0.3) is 0 Å². The molecule has 8 heteroatoms. The minimum Gasteiger partial charge on any atom is -0.465 e. The number of fused-ring (bicyclic) bond motifs is 1. The van der Waals surface area contributed by atoms with Gasteiger partial charge in [0.1, 0.15) is 4.88 Å². The van der Waals surface area contributed by atoms with Crippen molar-refractivity contribution in [3.8, 4) is 0 Å². The highest BCUT2D eigenvalue weighted by Crippen LogP contribution is 2.17. The molecular formula is C12H10N4O3S. The van der Waals surface area contributed by atoms with Gasteiger partial charge < -0.3 is 4.74 Å². The third kappa shape index (κ3) is 2.10. The zero-order chi connectivity index (χ0) is 14.1. The van der Waals surface area contributed by atoms with E-state index in [4.69, 9.17) is 0 Å². The van der Waals surface area contributed by atoms with E-state index < -0.39 is 0 Å². The van der Waals surface area contributed by atoms with Gasteiger partial charge in [-0.2, -0.15) is 0 Å². The smallest absolute Gasteiger partial charge is 0.350 e. The van der Waals surface area contributed by atoms with Gasteiger partial charge in [-0.1, -0.05) is 0 Å². The maximum Gasteiger partial charge on any atom is 0.350 e. The van der Waals surface area contributed by atoms with Gasteiger partial charge in [0, 0.05) is 17.3 Å². The summed E-state index contributed by atoms with van der Waals surface area (Å²) in [7, 11) is 1.33. The van der Waals surface area contributed by atoms with Crippen LogP contribution in [-0.2, 0) is 11.3 Å². The molecule has 0 aromatic carbocycles. The van der Waals surface area contributed by atoms with Crippen molar-refractivity contribution in [3.05, 3.63) is 51.0 Å². The highest BCUT2D eigenvalue weighted by atomic mass is 32.1. The maximum atomic E-state index is 12.1. The van der Waals surface area contributed by atoms with E-state index in [0.29, 0.717) is 17.1 Å². The van der Waals surface area contributed by atoms with Gasteiger partial charge in [-0.05, 0) is 12.1 Å². The Hall–Kier alpha value is -2.48. The lowest BCUT2D eigenvalue weighted by Crippen LogP contribution is -2.21. The number of nitrogens with zero attached hydrogens (tertiary/aromatic N) is 4. The summed E-state index contributed by atoms with van der Waals surface area (Å²) in [6.45, 7) is 0.308. The van der Waals surface area contributed by atoms with E-state index in [0.717, 1.165) is 4.88 Å². The van der Waals surface area contributed by atoms with Crippen LogP contribution in [0.5, 0.6) is 0 Å². The first kappa shape index (κ1) is 12.5. The van der Waals surface area contributed by atoms with E-state index in [9.17, 15) is 9.59 Å². The Morgan fingerprint density at radius 2 is 2.30 bits per heavy atom. The van der Waals surface area contributed by atoms with Crippen molar-refractivity contribution in [2.75, 3.05) is 7.11 Å². The van der Waals surface area contributed by atoms with Crippen LogP contribution in [0.2, 0.25) is 0 Å². The Kier molecular flexibility index (Phi) is 3.07. The average Bonchev–Trinajstić information content (AvgIpc) is 3.05. The molecule has 0 saturated heterocycles. The fourth-order valence-electron chi connectivity index (χ4n) is 1.80. The van der Waals surface area contributed by atoms with E-state index in [1.807, 2.05) is 0 Å². The zero-order valence-electron chi connectivity index (χ0n) is 10.5. The molecule has 7 nitrogen and oxygen atoms in total. The quantitative estimate of drug-likeness (QED) is 0.666. The molecule has 0 aliphatic rings. The molecule has 0 amide bonds. The Labute approximate surface area is 117 Å². The molecule has 0 spiro atoms. The second-order valence-corrected chi connectivity index (χ2v) is 5.17. The number of hydrogen-bond donors (Lipinski definition) is 0. The van der Waals surface area contributed by atoms with Gasteiger partial charge in [0.05, 0.1) is 19.9 Å². The van der Waals surface area contributed by atoms with Crippen LogP contribution in [0.1, 0.15) is 14.5 Å². The molecule has 3 aromatic heterocycles. The molecule has 3 heterocycles. The maximum absolute atomic E-state index is 12.1. The van der Waals surface area contributed by atoms with Crippen molar-refractivity contribution in [1.82, 2.24) is 19.2 Å². The van der Waals surface area contributed by atoms with Gasteiger partial charge in [-0.3, -0.25) is 4.98 Å². The van der Waals surface area contributed by atoms with Crippen molar-refractivity contribution >= 4 is 23.0 Å². The van der Waals surface area contributed by atoms with Crippen molar-refractivity contribution in [3.63, 3.8) is 0 Å². The fraction of sp³-hybridized carbons (Fsp3) is 0.167. The first-order chi connectivity index (χ1) is 9.69. The number of thiophene rings is 1. The third-order valence-electron chi connectivity index (χ3n) is 2.74. The summed E-state index contributed by atoms with van der Waals surface area (Å²) in [6, 6.07) is 3.46. The van der Waals surface area contributed by atoms with Crippen LogP contribution >= 0.6 is 11.3 Å². The normalized spacial score (nSPS) is 10.8. The zero-order valence-corrected chi connectivity index (χ0v) is 11.3. The van der Waals surface area contributed by atoms with Crippen molar-refractivity contribution in [1.29, 1.82) is 0 Å². The lowest BCUT2D eigenvalue weighted by Gasteiger charge is -1.95. The molecule has 102 valence electrons. The van der Waals surface area contributed by atoms with Crippen molar-refractivity contribution < 1.29 is 9.53 Å². The molecule has 3 aromatic rings. The average molecular weight is 290 g/mol. The Bertz CT molecular complexity index is 832. The lowest BCUT2D eigenvalue weighted by atomic mass is 10.4. The van der Waals surface area contributed by atoms with Crippen LogP contribution in [0.4, 0.5) is 0 Å². The van der Waals surface area contributed by atoms with Gasteiger partial charge in [-0.25, -0.2) is 18.7 Å². The van der Waals surface area contributed by atoms with Gasteiger partial charge in [0.2, 0.25) is 0 Å². The highest BCUT2D eigenvalue weighted by Gasteiger charge is 2.12. The number of aromatic nitrogens is 4. The van der Waals surface area contributed by atoms with E-state index in [1.165, 1.54) is 39.9 Å². The summed E-state index contributed by atoms with van der Waals surface area (Å²) < 4.78 is 7.40. The molecule has 0 atom stereocenters. The van der Waals surface area contributed by atoms with E-state index >= 15 is 0 Å². The predicted octanol–water partition coefficient (Wildman–Crippen LogP) is 0.787. The number of rotatable bonds is 3. The highest BCUT2D eigenvalue weighted by molar-refractivity contribution is 7.13. The predicted molar refractivity (Wildman–Crippen MR) is 72.0 cm³/mol. The summed E-state index contributed by atoms with van der Waals surface area (Å²) in [6.07, 6.45) is 4.61. The van der Waals surface area contributed by atoms with E-state index in [1.54, 1.807) is 18.3 Å². The number of carbonyl (C=O) groups excluding carboxylic acids is 1. The minimum atomic E-state index is -0.382. The molecule has 0 aliphatic carbocycles. The van der Waals surface area contributed by atoms with Gasteiger partial charge in [0.15, 0.2) is 5.65 Å². The Balaban J connectivity index is 1.93. The van der Waals surface area contributed by atoms with Crippen LogP contribution in [-0.4, -0.2) is 32.2 Å². The van der Waals surface area contributed by atoms with Crippen LogP contribution in [0, 0.1) is 0 Å². The molecule has 3 rings (SSSR count). The lowest BCUT2D eigenvalue weighted by molar-refractivity contribution is 0.0606. The monoisotopic (exact) mass is 290 g/mol. The molecular weight excluding hydrogens is 280 g/mol. The molecule has 0 radical (unpaired) electrons. The summed E-state index contributed by atoms with van der Waals surface area (Å²) in [5, 5.41) is 4.18. The largest absolute Gasteiger partial charge is 0.465 e. The number of methoxy groups -OCH3 is 1. The molecule has 0 unspecified atom stereocenters.